The summed E-state index contributed by atoms with van der Waals surface area (Å²) in [6.07, 6.45) is 2.38. The van der Waals surface area contributed by atoms with E-state index in [1.54, 1.807) is 0 Å². The molecule has 2 aliphatic heterocycles. The molecule has 12 heteroatoms. The summed E-state index contributed by atoms with van der Waals surface area (Å²) in [5.74, 6) is -2.26. The number of nitrogens with zero attached hydrogens (tertiary/aromatic N) is 5. The zero-order valence-corrected chi connectivity index (χ0v) is 17.2. The van der Waals surface area contributed by atoms with E-state index < -0.39 is 38.6 Å². The molecule has 0 aliphatic carbocycles. The molecule has 2 bridgehead atoms. The van der Waals surface area contributed by atoms with Crippen LogP contribution < -0.4 is 34.7 Å². The van der Waals surface area contributed by atoms with Gasteiger partial charge in [0, 0.05) is 36.9 Å². The molecule has 0 N–H and O–H groups in total. The first-order valence-corrected chi connectivity index (χ1v) is 9.40. The van der Waals surface area contributed by atoms with Crippen LogP contribution in [-0.4, -0.2) is 59.0 Å². The Morgan fingerprint density at radius 3 is 2.22 bits per heavy atom. The Balaban J connectivity index is 0.00000210. The van der Waals surface area contributed by atoms with Crippen LogP contribution in [0.5, 0.6) is 0 Å². The van der Waals surface area contributed by atoms with Crippen molar-refractivity contribution < 1.29 is 51.6 Å². The molecule has 1 aromatic heterocycles. The van der Waals surface area contributed by atoms with Gasteiger partial charge in [-0.25, -0.2) is 17.2 Å². The maximum Gasteiger partial charge on any atom is 1.00 e. The molecule has 8 nitrogen and oxygen atoms in total. The van der Waals surface area contributed by atoms with E-state index in [0.29, 0.717) is 18.9 Å². The second-order valence-electron chi connectivity index (χ2n) is 6.35. The van der Waals surface area contributed by atoms with Crippen LogP contribution in [0.4, 0.5) is 8.78 Å². The van der Waals surface area contributed by atoms with Crippen LogP contribution in [0.25, 0.3) is 0 Å². The van der Waals surface area contributed by atoms with Crippen molar-refractivity contribution in [1.29, 1.82) is 0 Å². The monoisotopic (exact) mass is 405 g/mol. The summed E-state index contributed by atoms with van der Waals surface area (Å²) in [6.45, 7) is 0.360. The van der Waals surface area contributed by atoms with Gasteiger partial charge in [-0.1, -0.05) is 6.20 Å². The number of carbonyl (C=O) groups is 1. The quantitative estimate of drug-likeness (QED) is 0.520. The number of likely N-dealkylation sites (tertiary alicyclic amines) is 1. The fourth-order valence-electron chi connectivity index (χ4n) is 3.66. The van der Waals surface area contributed by atoms with E-state index in [9.17, 15) is 22.0 Å². The normalized spacial score (nSPS) is 22.5. The number of aromatic nitrogens is 3. The van der Waals surface area contributed by atoms with Gasteiger partial charge in [0.1, 0.15) is 11.6 Å². The van der Waals surface area contributed by atoms with Crippen LogP contribution >= 0.6 is 0 Å². The van der Waals surface area contributed by atoms with E-state index >= 15 is 0 Å². The van der Waals surface area contributed by atoms with Crippen LogP contribution in [0.1, 0.15) is 23.3 Å². The Morgan fingerprint density at radius 1 is 1.11 bits per heavy atom. The van der Waals surface area contributed by atoms with Gasteiger partial charge >= 0.3 is 29.6 Å². The third kappa shape index (κ3) is 3.66. The number of rotatable bonds is 3. The SMILES string of the molecule is O=C(c1cnn[n-]1)N1CC2CCC(C1)N2S(=O)(=O)c1cc(F)cc(F)c1.[Na+]. The molecule has 0 radical (unpaired) electrons. The Kier molecular flexibility index (Phi) is 5.69. The van der Waals surface area contributed by atoms with Crippen molar-refractivity contribution in [2.24, 2.45) is 0 Å². The maximum absolute atomic E-state index is 13.5. The van der Waals surface area contributed by atoms with Crippen LogP contribution in [0.15, 0.2) is 29.3 Å². The Hall–Kier alpha value is -1.40. The summed E-state index contributed by atoms with van der Waals surface area (Å²) < 4.78 is 54.0. The predicted molar refractivity (Wildman–Crippen MR) is 83.4 cm³/mol. The van der Waals surface area contributed by atoms with Gasteiger partial charge in [0.05, 0.1) is 4.90 Å². The van der Waals surface area contributed by atoms with Crippen LogP contribution in [-0.2, 0) is 10.0 Å². The number of hydrogen-bond donors (Lipinski definition) is 0. The average Bonchev–Trinajstić information content (AvgIpc) is 3.20. The third-order valence-corrected chi connectivity index (χ3v) is 6.70. The van der Waals surface area contributed by atoms with Gasteiger partial charge in [0.25, 0.3) is 5.91 Å². The zero-order chi connectivity index (χ0) is 18.5. The second-order valence-corrected chi connectivity index (χ2v) is 8.20. The molecule has 138 valence electrons. The van der Waals surface area contributed by atoms with Crippen molar-refractivity contribution in [1.82, 2.24) is 24.6 Å². The average molecular weight is 405 g/mol. The first-order valence-electron chi connectivity index (χ1n) is 7.96. The van der Waals surface area contributed by atoms with Gasteiger partial charge in [-0.15, -0.1) is 0 Å². The standard InChI is InChI=1S/C15H15F2N5O3S.Na/c16-9-3-10(17)5-13(4-9)26(24,25)22-11-1-2-12(22)8-21(7-11)15(23)14-6-18-20-19-14;/h3-6,11-12H,1-2,7-8H2,(H,18,19,20,23);/q;+1/p-1. The Labute approximate surface area is 176 Å². The van der Waals surface area contributed by atoms with Crippen molar-refractivity contribution >= 4 is 15.9 Å². The molecule has 2 atom stereocenters. The van der Waals surface area contributed by atoms with Gasteiger partial charge in [0.15, 0.2) is 0 Å². The number of carbonyl (C=O) groups excluding carboxylic acids is 1. The van der Waals surface area contributed by atoms with E-state index in [1.165, 1.54) is 15.4 Å². The molecule has 27 heavy (non-hydrogen) atoms. The maximum atomic E-state index is 13.5. The zero-order valence-electron chi connectivity index (χ0n) is 14.4. The molecule has 4 rings (SSSR count). The topological polar surface area (TPSA) is 97.6 Å². The van der Waals surface area contributed by atoms with Crippen molar-refractivity contribution in [3.8, 4) is 0 Å². The molecule has 0 spiro atoms. The molecule has 2 saturated heterocycles. The van der Waals surface area contributed by atoms with Gasteiger partial charge in [0.2, 0.25) is 10.0 Å². The van der Waals surface area contributed by atoms with E-state index in [1.807, 2.05) is 0 Å². The summed E-state index contributed by atoms with van der Waals surface area (Å²) in [5, 5.41) is 10.5. The molecule has 2 aliphatic rings. The van der Waals surface area contributed by atoms with Crippen LogP contribution in [0, 0.1) is 11.6 Å². The summed E-state index contributed by atoms with van der Waals surface area (Å²) in [5.41, 5.74) is 0.105. The number of halogens is 2. The van der Waals surface area contributed by atoms with Gasteiger partial charge in [-0.3, -0.25) is 10.0 Å². The smallest absolute Gasteiger partial charge is 0.358 e. The number of fused-ring (bicyclic) bond motifs is 2. The minimum atomic E-state index is -4.07. The number of amides is 1. The fourth-order valence-corrected chi connectivity index (χ4v) is 5.56. The molecular formula is C15H14F2N5NaO3S. The second kappa shape index (κ2) is 7.55. The molecule has 1 aromatic carbocycles. The fraction of sp³-hybridized carbons (Fsp3) is 0.400. The van der Waals surface area contributed by atoms with Crippen LogP contribution in [0.2, 0.25) is 0 Å². The van der Waals surface area contributed by atoms with E-state index in [4.69, 9.17) is 0 Å². The first-order chi connectivity index (χ1) is 12.4. The first kappa shape index (κ1) is 20.3. The van der Waals surface area contributed by atoms with E-state index in [0.717, 1.165) is 12.1 Å². The number of hydrogen-bond acceptors (Lipinski definition) is 5. The van der Waals surface area contributed by atoms with Gasteiger partial charge < -0.3 is 15.1 Å². The minimum Gasteiger partial charge on any atom is -0.358 e. The van der Waals surface area contributed by atoms with Crippen molar-refractivity contribution in [2.45, 2.75) is 29.8 Å². The van der Waals surface area contributed by atoms with Gasteiger partial charge in [-0.2, -0.15) is 4.31 Å². The number of sulfonamides is 1. The summed E-state index contributed by atoms with van der Waals surface area (Å²) in [6, 6.07) is 1.33. The third-order valence-electron chi connectivity index (χ3n) is 4.72. The summed E-state index contributed by atoms with van der Waals surface area (Å²) >= 11 is 0. The molecule has 2 unspecified atom stereocenters. The molecule has 0 saturated carbocycles. The Morgan fingerprint density at radius 2 is 1.70 bits per heavy atom. The number of piperazine rings is 1. The van der Waals surface area contributed by atoms with Crippen molar-refractivity contribution in [2.75, 3.05) is 13.1 Å². The van der Waals surface area contributed by atoms with Crippen molar-refractivity contribution in [3.63, 3.8) is 0 Å². The molecule has 2 fully saturated rings. The van der Waals surface area contributed by atoms with E-state index in [2.05, 4.69) is 15.4 Å². The predicted octanol–water partition coefficient (Wildman–Crippen LogP) is -2.61. The Bertz CT molecular complexity index is 922. The molecule has 1 amide bonds. The van der Waals surface area contributed by atoms with Crippen LogP contribution in [0.3, 0.4) is 0 Å². The van der Waals surface area contributed by atoms with Gasteiger partial charge in [-0.05, 0) is 25.0 Å². The summed E-state index contributed by atoms with van der Waals surface area (Å²) in [4.78, 5) is 13.5. The molecule has 2 aromatic rings. The van der Waals surface area contributed by atoms with E-state index in [-0.39, 0.29) is 54.2 Å². The molecular weight excluding hydrogens is 391 g/mol. The number of benzene rings is 1. The van der Waals surface area contributed by atoms with Crippen molar-refractivity contribution in [3.05, 3.63) is 41.7 Å². The largest absolute Gasteiger partial charge is 1.00 e. The minimum absolute atomic E-state index is 0. The molecule has 3 heterocycles. The summed E-state index contributed by atoms with van der Waals surface area (Å²) in [7, 11) is -4.07.